The third-order valence-corrected chi connectivity index (χ3v) is 3.23. The fourth-order valence-corrected chi connectivity index (χ4v) is 2.15. The molecule has 1 saturated heterocycles. The molecule has 1 heterocycles. The fourth-order valence-electron chi connectivity index (χ4n) is 2.15. The fraction of sp³-hybridized carbons (Fsp3) is 0.538. The van der Waals surface area contributed by atoms with Crippen molar-refractivity contribution in [1.29, 1.82) is 0 Å². The Morgan fingerprint density at radius 3 is 2.94 bits per heavy atom. The van der Waals surface area contributed by atoms with Crippen molar-refractivity contribution in [3.8, 4) is 0 Å². The highest BCUT2D eigenvalue weighted by Gasteiger charge is 2.18. The van der Waals surface area contributed by atoms with Gasteiger partial charge in [-0.3, -0.25) is 4.90 Å². The van der Waals surface area contributed by atoms with Crippen LogP contribution in [0.15, 0.2) is 24.3 Å². The summed E-state index contributed by atoms with van der Waals surface area (Å²) in [6.07, 6.45) is 2.39. The molecule has 0 amide bonds. The van der Waals surface area contributed by atoms with Crippen LogP contribution in [0.4, 0.5) is 5.69 Å². The number of ether oxygens (including phenoxy) is 1. The molecular formula is C13H20N2O. The first-order chi connectivity index (χ1) is 7.77. The highest BCUT2D eigenvalue weighted by Crippen LogP contribution is 2.17. The van der Waals surface area contributed by atoms with Crippen LogP contribution < -0.4 is 5.73 Å². The van der Waals surface area contributed by atoms with Crippen LogP contribution in [0.25, 0.3) is 0 Å². The van der Waals surface area contributed by atoms with Crippen molar-refractivity contribution in [3.63, 3.8) is 0 Å². The third kappa shape index (κ3) is 2.74. The monoisotopic (exact) mass is 220 g/mol. The zero-order valence-corrected chi connectivity index (χ0v) is 9.86. The molecule has 0 saturated carbocycles. The summed E-state index contributed by atoms with van der Waals surface area (Å²) in [5.41, 5.74) is 8.03. The molecular weight excluding hydrogens is 200 g/mol. The first-order valence-electron chi connectivity index (χ1n) is 5.89. The molecule has 3 nitrogen and oxygen atoms in total. The quantitative estimate of drug-likeness (QED) is 0.790. The molecule has 2 rings (SSSR count). The summed E-state index contributed by atoms with van der Waals surface area (Å²) in [5.74, 6) is 0. The maximum Gasteiger partial charge on any atom is 0.0621 e. The van der Waals surface area contributed by atoms with E-state index in [-0.39, 0.29) is 0 Å². The van der Waals surface area contributed by atoms with Gasteiger partial charge in [-0.1, -0.05) is 18.2 Å². The SMILES string of the molecule is CN(Cc1ccccc1N)C1CCCOC1. The minimum atomic E-state index is 0.536. The van der Waals surface area contributed by atoms with Gasteiger partial charge in [-0.05, 0) is 31.5 Å². The lowest BCUT2D eigenvalue weighted by molar-refractivity contribution is 0.0251. The molecule has 0 aliphatic carbocycles. The summed E-state index contributed by atoms with van der Waals surface area (Å²) in [6.45, 7) is 2.67. The highest BCUT2D eigenvalue weighted by atomic mass is 16.5. The van der Waals surface area contributed by atoms with Crippen LogP contribution in [0.3, 0.4) is 0 Å². The maximum atomic E-state index is 5.94. The molecule has 1 aliphatic heterocycles. The van der Waals surface area contributed by atoms with E-state index >= 15 is 0 Å². The van der Waals surface area contributed by atoms with Crippen LogP contribution >= 0.6 is 0 Å². The van der Waals surface area contributed by atoms with Crippen LogP contribution in [0.1, 0.15) is 18.4 Å². The standard InChI is InChI=1S/C13H20N2O/c1-15(12-6-4-8-16-10-12)9-11-5-2-3-7-13(11)14/h2-3,5,7,12H,4,6,8-10,14H2,1H3. The van der Waals surface area contributed by atoms with Crippen LogP contribution in [0, 0.1) is 0 Å². The molecule has 1 aliphatic rings. The molecule has 1 aromatic carbocycles. The van der Waals surface area contributed by atoms with Crippen molar-refractivity contribution in [2.45, 2.75) is 25.4 Å². The van der Waals surface area contributed by atoms with Crippen LogP contribution in [0.5, 0.6) is 0 Å². The van der Waals surface area contributed by atoms with Crippen molar-refractivity contribution in [2.75, 3.05) is 26.0 Å². The van der Waals surface area contributed by atoms with Gasteiger partial charge in [0.05, 0.1) is 6.61 Å². The summed E-state index contributed by atoms with van der Waals surface area (Å²) < 4.78 is 5.50. The van der Waals surface area contributed by atoms with E-state index in [0.29, 0.717) is 6.04 Å². The first kappa shape index (κ1) is 11.4. The number of nitrogens with zero attached hydrogens (tertiary/aromatic N) is 1. The predicted octanol–water partition coefficient (Wildman–Crippen LogP) is 1.88. The number of rotatable bonds is 3. The lowest BCUT2D eigenvalue weighted by Gasteiger charge is -2.31. The number of anilines is 1. The van der Waals surface area contributed by atoms with E-state index in [4.69, 9.17) is 10.5 Å². The zero-order valence-electron chi connectivity index (χ0n) is 9.86. The van der Waals surface area contributed by atoms with Gasteiger partial charge in [-0.15, -0.1) is 0 Å². The number of hydrogen-bond acceptors (Lipinski definition) is 3. The van der Waals surface area contributed by atoms with Gasteiger partial charge in [0.25, 0.3) is 0 Å². The normalized spacial score (nSPS) is 21.2. The summed E-state index contributed by atoms with van der Waals surface area (Å²) in [5, 5.41) is 0. The lowest BCUT2D eigenvalue weighted by atomic mass is 10.1. The highest BCUT2D eigenvalue weighted by molar-refractivity contribution is 5.46. The van der Waals surface area contributed by atoms with Crippen molar-refractivity contribution < 1.29 is 4.74 Å². The smallest absolute Gasteiger partial charge is 0.0621 e. The van der Waals surface area contributed by atoms with Gasteiger partial charge in [0.1, 0.15) is 0 Å². The summed E-state index contributed by atoms with van der Waals surface area (Å²) in [7, 11) is 2.14. The Morgan fingerprint density at radius 1 is 1.44 bits per heavy atom. The van der Waals surface area contributed by atoms with Gasteiger partial charge in [-0.25, -0.2) is 0 Å². The molecule has 0 radical (unpaired) electrons. The molecule has 0 spiro atoms. The Kier molecular flexibility index (Phi) is 3.80. The van der Waals surface area contributed by atoms with Gasteiger partial charge >= 0.3 is 0 Å². The molecule has 88 valence electrons. The lowest BCUT2D eigenvalue weighted by Crippen LogP contribution is -2.38. The zero-order chi connectivity index (χ0) is 11.4. The van der Waals surface area contributed by atoms with E-state index < -0.39 is 0 Å². The summed E-state index contributed by atoms with van der Waals surface area (Å²) >= 11 is 0. The Hall–Kier alpha value is -1.06. The average molecular weight is 220 g/mol. The van der Waals surface area contributed by atoms with Crippen LogP contribution in [-0.2, 0) is 11.3 Å². The van der Waals surface area contributed by atoms with E-state index in [2.05, 4.69) is 18.0 Å². The van der Waals surface area contributed by atoms with Crippen molar-refractivity contribution >= 4 is 5.69 Å². The van der Waals surface area contributed by atoms with E-state index in [9.17, 15) is 0 Å². The first-order valence-corrected chi connectivity index (χ1v) is 5.89. The Balaban J connectivity index is 1.96. The van der Waals surface area contributed by atoms with E-state index in [1.807, 2.05) is 18.2 Å². The number of hydrogen-bond donors (Lipinski definition) is 1. The minimum Gasteiger partial charge on any atom is -0.398 e. The van der Waals surface area contributed by atoms with Crippen LogP contribution in [-0.4, -0.2) is 31.2 Å². The number of likely N-dealkylation sites (N-methyl/N-ethyl adjacent to an activating group) is 1. The number of nitrogen functional groups attached to an aromatic ring is 1. The minimum absolute atomic E-state index is 0.536. The predicted molar refractivity (Wildman–Crippen MR) is 66.2 cm³/mol. The van der Waals surface area contributed by atoms with Gasteiger partial charge in [0, 0.05) is 24.9 Å². The van der Waals surface area contributed by atoms with Crippen molar-refractivity contribution in [3.05, 3.63) is 29.8 Å². The van der Waals surface area contributed by atoms with E-state index in [1.165, 1.54) is 18.4 Å². The molecule has 0 bridgehead atoms. The Bertz CT molecular complexity index is 334. The van der Waals surface area contributed by atoms with Gasteiger partial charge < -0.3 is 10.5 Å². The molecule has 2 N–H and O–H groups in total. The maximum absolute atomic E-state index is 5.94. The number of benzene rings is 1. The van der Waals surface area contributed by atoms with Gasteiger partial charge in [0.2, 0.25) is 0 Å². The molecule has 0 aromatic heterocycles. The van der Waals surface area contributed by atoms with Crippen LogP contribution in [0.2, 0.25) is 0 Å². The van der Waals surface area contributed by atoms with Gasteiger partial charge in [0.15, 0.2) is 0 Å². The topological polar surface area (TPSA) is 38.5 Å². The molecule has 1 fully saturated rings. The van der Waals surface area contributed by atoms with Crippen molar-refractivity contribution in [2.24, 2.45) is 0 Å². The van der Waals surface area contributed by atoms with Crippen molar-refractivity contribution in [1.82, 2.24) is 4.90 Å². The second-order valence-electron chi connectivity index (χ2n) is 4.48. The second-order valence-corrected chi connectivity index (χ2v) is 4.48. The van der Waals surface area contributed by atoms with E-state index in [1.54, 1.807) is 0 Å². The largest absolute Gasteiger partial charge is 0.398 e. The van der Waals surface area contributed by atoms with E-state index in [0.717, 1.165) is 25.4 Å². The number of para-hydroxylation sites is 1. The Labute approximate surface area is 97.2 Å². The summed E-state index contributed by atoms with van der Waals surface area (Å²) in [6, 6.07) is 8.60. The van der Waals surface area contributed by atoms with Gasteiger partial charge in [-0.2, -0.15) is 0 Å². The third-order valence-electron chi connectivity index (χ3n) is 3.23. The molecule has 3 heteroatoms. The molecule has 1 atom stereocenters. The summed E-state index contributed by atoms with van der Waals surface area (Å²) in [4.78, 5) is 2.34. The molecule has 1 unspecified atom stereocenters. The number of nitrogens with two attached hydrogens (primary N) is 1. The molecule has 16 heavy (non-hydrogen) atoms. The average Bonchev–Trinajstić information content (AvgIpc) is 2.33. The second kappa shape index (κ2) is 5.32. The Morgan fingerprint density at radius 2 is 2.25 bits per heavy atom. The molecule has 1 aromatic rings.